The predicted octanol–water partition coefficient (Wildman–Crippen LogP) is 2.32. The quantitative estimate of drug-likeness (QED) is 0.823. The molecular weight excluding hydrogens is 256 g/mol. The van der Waals surface area contributed by atoms with Crippen molar-refractivity contribution in [2.24, 2.45) is 0 Å². The lowest BCUT2D eigenvalue weighted by atomic mass is 10.1. The van der Waals surface area contributed by atoms with Crippen molar-refractivity contribution in [3.8, 4) is 0 Å². The molecular formula is C11H17ClN4O2. The Labute approximate surface area is 111 Å². The second kappa shape index (κ2) is 5.86. The van der Waals surface area contributed by atoms with E-state index in [1.54, 1.807) is 6.07 Å². The third-order valence-corrected chi connectivity index (χ3v) is 2.49. The van der Waals surface area contributed by atoms with E-state index in [0.717, 1.165) is 0 Å². The van der Waals surface area contributed by atoms with Gasteiger partial charge < -0.3 is 15.3 Å². The van der Waals surface area contributed by atoms with E-state index in [0.29, 0.717) is 24.2 Å². The van der Waals surface area contributed by atoms with Crippen molar-refractivity contribution in [1.82, 2.24) is 14.9 Å². The molecule has 7 heteroatoms. The Morgan fingerprint density at radius 3 is 2.72 bits per heavy atom. The number of nitrogens with zero attached hydrogens (tertiary/aromatic N) is 3. The first-order chi connectivity index (χ1) is 8.30. The summed E-state index contributed by atoms with van der Waals surface area (Å²) in [7, 11) is 0. The molecule has 1 aromatic heterocycles. The Kier molecular flexibility index (Phi) is 4.72. The van der Waals surface area contributed by atoms with Crippen LogP contribution in [0.3, 0.4) is 0 Å². The lowest BCUT2D eigenvalue weighted by molar-refractivity contribution is 0.103. The third-order valence-electron chi connectivity index (χ3n) is 2.28. The SMILES string of the molecule is CC(C)(C)N(CCNc1nccc(Cl)n1)C(=O)O. The Balaban J connectivity index is 2.52. The van der Waals surface area contributed by atoms with Crippen LogP contribution in [0.1, 0.15) is 20.8 Å². The minimum Gasteiger partial charge on any atom is -0.465 e. The van der Waals surface area contributed by atoms with Gasteiger partial charge in [-0.15, -0.1) is 0 Å². The summed E-state index contributed by atoms with van der Waals surface area (Å²) in [5.74, 6) is 0.391. The summed E-state index contributed by atoms with van der Waals surface area (Å²) in [4.78, 5) is 20.4. The standard InChI is InChI=1S/C11H17ClN4O2/c1-11(2,3)16(10(17)18)7-6-14-9-13-5-4-8(12)15-9/h4-5H,6-7H2,1-3H3,(H,17,18)(H,13,14,15). The fourth-order valence-electron chi connectivity index (χ4n) is 1.42. The molecule has 0 radical (unpaired) electrons. The molecule has 0 spiro atoms. The van der Waals surface area contributed by atoms with Gasteiger partial charge in [0.25, 0.3) is 0 Å². The summed E-state index contributed by atoms with van der Waals surface area (Å²) >= 11 is 5.71. The van der Waals surface area contributed by atoms with Gasteiger partial charge in [-0.1, -0.05) is 11.6 Å². The number of nitrogens with one attached hydrogen (secondary N) is 1. The number of rotatable bonds is 4. The number of halogens is 1. The van der Waals surface area contributed by atoms with Crippen molar-refractivity contribution in [2.45, 2.75) is 26.3 Å². The number of hydrogen-bond donors (Lipinski definition) is 2. The van der Waals surface area contributed by atoms with E-state index in [-0.39, 0.29) is 0 Å². The fraction of sp³-hybridized carbons (Fsp3) is 0.545. The molecule has 2 N–H and O–H groups in total. The molecule has 18 heavy (non-hydrogen) atoms. The van der Waals surface area contributed by atoms with Crippen molar-refractivity contribution in [1.29, 1.82) is 0 Å². The normalized spacial score (nSPS) is 11.1. The van der Waals surface area contributed by atoms with E-state index in [2.05, 4.69) is 15.3 Å². The molecule has 0 aliphatic rings. The molecule has 1 rings (SSSR count). The molecule has 0 bridgehead atoms. The fourth-order valence-corrected chi connectivity index (χ4v) is 1.56. The van der Waals surface area contributed by atoms with Gasteiger partial charge in [-0.3, -0.25) is 0 Å². The van der Waals surface area contributed by atoms with E-state index in [1.807, 2.05) is 20.8 Å². The van der Waals surface area contributed by atoms with Crippen molar-refractivity contribution >= 4 is 23.6 Å². The van der Waals surface area contributed by atoms with Crippen LogP contribution in [0.15, 0.2) is 12.3 Å². The van der Waals surface area contributed by atoms with Crippen LogP contribution >= 0.6 is 11.6 Å². The van der Waals surface area contributed by atoms with Gasteiger partial charge in [-0.25, -0.2) is 14.8 Å². The number of hydrogen-bond acceptors (Lipinski definition) is 4. The van der Waals surface area contributed by atoms with Crippen molar-refractivity contribution in [2.75, 3.05) is 18.4 Å². The van der Waals surface area contributed by atoms with Crippen LogP contribution in [0.2, 0.25) is 5.15 Å². The molecule has 0 aliphatic carbocycles. The van der Waals surface area contributed by atoms with Gasteiger partial charge in [0.05, 0.1) is 0 Å². The highest BCUT2D eigenvalue weighted by atomic mass is 35.5. The molecule has 0 unspecified atom stereocenters. The first-order valence-corrected chi connectivity index (χ1v) is 5.91. The minimum atomic E-state index is -0.948. The maximum absolute atomic E-state index is 11.1. The number of aromatic nitrogens is 2. The zero-order valence-corrected chi connectivity index (χ0v) is 11.4. The zero-order valence-electron chi connectivity index (χ0n) is 10.6. The number of carboxylic acid groups (broad SMARTS) is 1. The highest BCUT2D eigenvalue weighted by Crippen LogP contribution is 2.13. The maximum Gasteiger partial charge on any atom is 0.407 e. The lowest BCUT2D eigenvalue weighted by Crippen LogP contribution is -2.47. The smallest absolute Gasteiger partial charge is 0.407 e. The average Bonchev–Trinajstić information content (AvgIpc) is 2.22. The monoisotopic (exact) mass is 272 g/mol. The van der Waals surface area contributed by atoms with Crippen LogP contribution in [0.5, 0.6) is 0 Å². The van der Waals surface area contributed by atoms with Gasteiger partial charge in [-0.05, 0) is 26.8 Å². The second-order valence-corrected chi connectivity index (χ2v) is 5.12. The highest BCUT2D eigenvalue weighted by Gasteiger charge is 2.25. The molecule has 100 valence electrons. The average molecular weight is 273 g/mol. The van der Waals surface area contributed by atoms with Crippen LogP contribution in [-0.4, -0.2) is 44.7 Å². The Bertz CT molecular complexity index is 420. The zero-order chi connectivity index (χ0) is 13.8. The van der Waals surface area contributed by atoms with Crippen LogP contribution in [0, 0.1) is 0 Å². The molecule has 1 aromatic rings. The third kappa shape index (κ3) is 4.37. The maximum atomic E-state index is 11.1. The van der Waals surface area contributed by atoms with Gasteiger partial charge in [0.15, 0.2) is 0 Å². The van der Waals surface area contributed by atoms with E-state index < -0.39 is 11.6 Å². The number of anilines is 1. The Morgan fingerprint density at radius 1 is 1.56 bits per heavy atom. The highest BCUT2D eigenvalue weighted by molar-refractivity contribution is 6.29. The summed E-state index contributed by atoms with van der Waals surface area (Å²) in [6.07, 6.45) is 0.590. The van der Waals surface area contributed by atoms with Crippen molar-refractivity contribution in [3.63, 3.8) is 0 Å². The predicted molar refractivity (Wildman–Crippen MR) is 70.0 cm³/mol. The Hall–Kier alpha value is -1.56. The largest absolute Gasteiger partial charge is 0.465 e. The molecule has 0 aromatic carbocycles. The summed E-state index contributed by atoms with van der Waals surface area (Å²) < 4.78 is 0. The van der Waals surface area contributed by atoms with Gasteiger partial charge in [0, 0.05) is 24.8 Å². The first-order valence-electron chi connectivity index (χ1n) is 5.53. The second-order valence-electron chi connectivity index (χ2n) is 4.73. The molecule has 0 saturated heterocycles. The van der Waals surface area contributed by atoms with Crippen LogP contribution in [0.4, 0.5) is 10.7 Å². The molecule has 6 nitrogen and oxygen atoms in total. The van der Waals surface area contributed by atoms with Gasteiger partial charge in [-0.2, -0.15) is 0 Å². The molecule has 1 amide bonds. The lowest BCUT2D eigenvalue weighted by Gasteiger charge is -2.33. The van der Waals surface area contributed by atoms with E-state index in [4.69, 9.17) is 16.7 Å². The van der Waals surface area contributed by atoms with E-state index in [1.165, 1.54) is 11.1 Å². The van der Waals surface area contributed by atoms with Crippen LogP contribution in [0.25, 0.3) is 0 Å². The molecule has 0 atom stereocenters. The van der Waals surface area contributed by atoms with Crippen LogP contribution < -0.4 is 5.32 Å². The molecule has 0 saturated carbocycles. The van der Waals surface area contributed by atoms with Gasteiger partial charge in [0.1, 0.15) is 5.15 Å². The van der Waals surface area contributed by atoms with Gasteiger partial charge >= 0.3 is 6.09 Å². The topological polar surface area (TPSA) is 78.3 Å². The van der Waals surface area contributed by atoms with E-state index in [9.17, 15) is 4.79 Å². The summed E-state index contributed by atoms with van der Waals surface area (Å²) in [5.41, 5.74) is -0.442. The van der Waals surface area contributed by atoms with E-state index >= 15 is 0 Å². The summed E-state index contributed by atoms with van der Waals surface area (Å²) in [6.45, 7) is 6.30. The van der Waals surface area contributed by atoms with Gasteiger partial charge in [0.2, 0.25) is 5.95 Å². The Morgan fingerprint density at radius 2 is 2.22 bits per heavy atom. The molecule has 1 heterocycles. The molecule has 0 aliphatic heterocycles. The number of carbonyl (C=O) groups is 1. The minimum absolute atomic E-state index is 0.342. The number of amides is 1. The first kappa shape index (κ1) is 14.5. The van der Waals surface area contributed by atoms with Crippen LogP contribution in [-0.2, 0) is 0 Å². The molecule has 0 fully saturated rings. The summed E-state index contributed by atoms with van der Waals surface area (Å²) in [5, 5.41) is 12.4. The van der Waals surface area contributed by atoms with Crippen molar-refractivity contribution in [3.05, 3.63) is 17.4 Å². The van der Waals surface area contributed by atoms with Crippen molar-refractivity contribution < 1.29 is 9.90 Å². The summed E-state index contributed by atoms with van der Waals surface area (Å²) in [6, 6.07) is 1.57.